The highest BCUT2D eigenvalue weighted by Gasteiger charge is 2.26. The van der Waals surface area contributed by atoms with E-state index in [2.05, 4.69) is 49.8 Å². The van der Waals surface area contributed by atoms with Crippen LogP contribution in [0.4, 0.5) is 11.6 Å². The van der Waals surface area contributed by atoms with Gasteiger partial charge in [-0.2, -0.15) is 0 Å². The van der Waals surface area contributed by atoms with E-state index in [1.807, 2.05) is 13.1 Å². The average Bonchev–Trinajstić information content (AvgIpc) is 2.36. The summed E-state index contributed by atoms with van der Waals surface area (Å²) in [5.74, 6) is 2.72. The van der Waals surface area contributed by atoms with Gasteiger partial charge in [0, 0.05) is 31.6 Å². The van der Waals surface area contributed by atoms with Crippen LogP contribution in [0.25, 0.3) is 0 Å². The maximum atomic E-state index is 5.79. The largest absolute Gasteiger partial charge is 0.373 e. The van der Waals surface area contributed by atoms with Gasteiger partial charge in [0.1, 0.15) is 17.5 Å². The molecule has 0 spiro atoms. The van der Waals surface area contributed by atoms with Crippen molar-refractivity contribution >= 4 is 11.6 Å². The zero-order chi connectivity index (χ0) is 14.9. The Hall–Kier alpha value is -1.36. The smallest absolute Gasteiger partial charge is 0.138 e. The third-order valence-corrected chi connectivity index (χ3v) is 3.38. The molecule has 1 aliphatic heterocycles. The molecule has 0 aliphatic carbocycles. The summed E-state index contributed by atoms with van der Waals surface area (Å²) in [7, 11) is 1.89. The van der Waals surface area contributed by atoms with E-state index in [4.69, 9.17) is 9.72 Å². The van der Waals surface area contributed by atoms with E-state index in [9.17, 15) is 0 Å². The fourth-order valence-corrected chi connectivity index (χ4v) is 2.42. The fraction of sp³-hybridized carbons (Fsp3) is 0.733. The van der Waals surface area contributed by atoms with Gasteiger partial charge in [0.2, 0.25) is 0 Å². The number of hydrogen-bond donors (Lipinski definition) is 1. The highest BCUT2D eigenvalue weighted by molar-refractivity contribution is 5.50. The van der Waals surface area contributed by atoms with Crippen LogP contribution in [0, 0.1) is 0 Å². The first-order chi connectivity index (χ1) is 9.29. The zero-order valence-corrected chi connectivity index (χ0v) is 13.4. The second-order valence-corrected chi connectivity index (χ2v) is 6.60. The fourth-order valence-electron chi connectivity index (χ4n) is 2.42. The molecule has 112 valence electrons. The van der Waals surface area contributed by atoms with Crippen LogP contribution in [0.15, 0.2) is 6.07 Å². The molecule has 1 N–H and O–H groups in total. The minimum atomic E-state index is -0.0644. The highest BCUT2D eigenvalue weighted by Crippen LogP contribution is 2.25. The summed E-state index contributed by atoms with van der Waals surface area (Å²) in [6, 6.07) is 2.01. The van der Waals surface area contributed by atoms with Crippen LogP contribution in [0.2, 0.25) is 0 Å². The summed E-state index contributed by atoms with van der Waals surface area (Å²) < 4.78 is 5.79. The first-order valence-electron chi connectivity index (χ1n) is 7.27. The minimum Gasteiger partial charge on any atom is -0.373 e. The van der Waals surface area contributed by atoms with Crippen LogP contribution in [0.1, 0.15) is 40.4 Å². The molecule has 1 aromatic rings. The van der Waals surface area contributed by atoms with Crippen molar-refractivity contribution in [2.75, 3.05) is 30.4 Å². The van der Waals surface area contributed by atoms with Gasteiger partial charge >= 0.3 is 0 Å². The van der Waals surface area contributed by atoms with Crippen LogP contribution >= 0.6 is 0 Å². The van der Waals surface area contributed by atoms with E-state index in [1.54, 1.807) is 0 Å². The molecule has 2 heterocycles. The predicted molar refractivity (Wildman–Crippen MR) is 82.5 cm³/mol. The lowest BCUT2D eigenvalue weighted by Crippen LogP contribution is -2.46. The monoisotopic (exact) mass is 278 g/mol. The lowest BCUT2D eigenvalue weighted by molar-refractivity contribution is -0.00548. The van der Waals surface area contributed by atoms with Crippen LogP contribution < -0.4 is 10.2 Å². The average molecular weight is 278 g/mol. The standard InChI is InChI=1S/C15H26N4O/c1-10-8-19(9-11(2)20-10)13-7-12(16-6)17-14(18-13)15(3,4)5/h7,10-11H,8-9H2,1-6H3,(H,16,17,18)/t10-,11+. The molecule has 0 radical (unpaired) electrons. The first kappa shape index (κ1) is 15.0. The summed E-state index contributed by atoms with van der Waals surface area (Å²) in [6.07, 6.45) is 0.453. The predicted octanol–water partition coefficient (Wildman–Crippen LogP) is 2.43. The van der Waals surface area contributed by atoms with Gasteiger partial charge in [-0.3, -0.25) is 0 Å². The Morgan fingerprint density at radius 2 is 1.80 bits per heavy atom. The Morgan fingerprint density at radius 1 is 1.20 bits per heavy atom. The quantitative estimate of drug-likeness (QED) is 0.900. The van der Waals surface area contributed by atoms with Crippen molar-refractivity contribution in [2.45, 2.75) is 52.2 Å². The zero-order valence-electron chi connectivity index (χ0n) is 13.4. The number of rotatable bonds is 2. The SMILES string of the molecule is CNc1cc(N2C[C@@H](C)O[C@@H](C)C2)nc(C(C)(C)C)n1. The Morgan fingerprint density at radius 3 is 2.30 bits per heavy atom. The molecule has 0 bridgehead atoms. The number of nitrogens with one attached hydrogen (secondary N) is 1. The van der Waals surface area contributed by atoms with Gasteiger partial charge in [0.15, 0.2) is 0 Å². The van der Waals surface area contributed by atoms with E-state index in [-0.39, 0.29) is 17.6 Å². The van der Waals surface area contributed by atoms with Gasteiger partial charge in [-0.1, -0.05) is 20.8 Å². The summed E-state index contributed by atoms with van der Waals surface area (Å²) in [5.41, 5.74) is -0.0644. The van der Waals surface area contributed by atoms with E-state index >= 15 is 0 Å². The number of nitrogens with zero attached hydrogens (tertiary/aromatic N) is 3. The normalized spacial score (nSPS) is 23.8. The van der Waals surface area contributed by atoms with Crippen molar-refractivity contribution in [1.82, 2.24) is 9.97 Å². The van der Waals surface area contributed by atoms with Crippen LogP contribution in [-0.4, -0.2) is 42.3 Å². The second-order valence-electron chi connectivity index (χ2n) is 6.60. The molecule has 1 aliphatic rings. The van der Waals surface area contributed by atoms with Crippen molar-refractivity contribution in [3.05, 3.63) is 11.9 Å². The third-order valence-electron chi connectivity index (χ3n) is 3.38. The molecule has 20 heavy (non-hydrogen) atoms. The summed E-state index contributed by atoms with van der Waals surface area (Å²) in [4.78, 5) is 11.6. The molecule has 0 unspecified atom stereocenters. The van der Waals surface area contributed by atoms with E-state index < -0.39 is 0 Å². The lowest BCUT2D eigenvalue weighted by Gasteiger charge is -2.36. The van der Waals surface area contributed by atoms with E-state index in [0.717, 1.165) is 30.5 Å². The van der Waals surface area contributed by atoms with Crippen LogP contribution in [0.5, 0.6) is 0 Å². The second kappa shape index (κ2) is 5.56. The van der Waals surface area contributed by atoms with Crippen molar-refractivity contribution in [2.24, 2.45) is 0 Å². The molecule has 1 saturated heterocycles. The van der Waals surface area contributed by atoms with Gasteiger partial charge in [-0.05, 0) is 13.8 Å². The molecule has 5 nitrogen and oxygen atoms in total. The third kappa shape index (κ3) is 3.39. The Balaban J connectivity index is 2.35. The lowest BCUT2D eigenvalue weighted by atomic mass is 9.96. The Bertz CT molecular complexity index is 459. The minimum absolute atomic E-state index is 0.0644. The number of ether oxygens (including phenoxy) is 1. The van der Waals surface area contributed by atoms with Crippen molar-refractivity contribution in [3.8, 4) is 0 Å². The van der Waals surface area contributed by atoms with Crippen molar-refractivity contribution in [3.63, 3.8) is 0 Å². The van der Waals surface area contributed by atoms with Gasteiger partial charge in [0.05, 0.1) is 12.2 Å². The summed E-state index contributed by atoms with van der Waals surface area (Å²) >= 11 is 0. The van der Waals surface area contributed by atoms with Gasteiger partial charge in [-0.15, -0.1) is 0 Å². The van der Waals surface area contributed by atoms with E-state index in [1.165, 1.54) is 0 Å². The molecule has 1 aromatic heterocycles. The number of anilines is 2. The van der Waals surface area contributed by atoms with Crippen LogP contribution in [0.3, 0.4) is 0 Å². The molecule has 5 heteroatoms. The molecule has 0 aromatic carbocycles. The van der Waals surface area contributed by atoms with Crippen LogP contribution in [-0.2, 0) is 10.2 Å². The maximum Gasteiger partial charge on any atom is 0.138 e. The number of morpholine rings is 1. The van der Waals surface area contributed by atoms with Crippen molar-refractivity contribution in [1.29, 1.82) is 0 Å². The van der Waals surface area contributed by atoms with Gasteiger partial charge in [-0.25, -0.2) is 9.97 Å². The van der Waals surface area contributed by atoms with E-state index in [0.29, 0.717) is 0 Å². The molecule has 2 rings (SSSR count). The Labute approximate surface area is 121 Å². The molecular formula is C15H26N4O. The molecule has 0 saturated carbocycles. The number of aromatic nitrogens is 2. The molecule has 2 atom stereocenters. The Kier molecular flexibility index (Phi) is 4.18. The molecule has 0 amide bonds. The van der Waals surface area contributed by atoms with Crippen molar-refractivity contribution < 1.29 is 4.74 Å². The van der Waals surface area contributed by atoms with Gasteiger partial charge < -0.3 is 15.0 Å². The first-order valence-corrected chi connectivity index (χ1v) is 7.27. The summed E-state index contributed by atoms with van der Waals surface area (Å²) in [6.45, 7) is 12.4. The summed E-state index contributed by atoms with van der Waals surface area (Å²) in [5, 5.41) is 3.13. The van der Waals surface area contributed by atoms with Gasteiger partial charge in [0.25, 0.3) is 0 Å². The maximum absolute atomic E-state index is 5.79. The topological polar surface area (TPSA) is 50.3 Å². The highest BCUT2D eigenvalue weighted by atomic mass is 16.5. The molecule has 1 fully saturated rings. The molecular weight excluding hydrogens is 252 g/mol. The number of hydrogen-bond acceptors (Lipinski definition) is 5.